The van der Waals surface area contributed by atoms with Crippen LogP contribution < -0.4 is 0 Å². The molecule has 0 bridgehead atoms. The molecule has 0 radical (unpaired) electrons. The summed E-state index contributed by atoms with van der Waals surface area (Å²) < 4.78 is 0. The van der Waals surface area contributed by atoms with Gasteiger partial charge in [-0.3, -0.25) is 9.69 Å². The van der Waals surface area contributed by atoms with E-state index in [2.05, 4.69) is 39.5 Å². The van der Waals surface area contributed by atoms with Crippen LogP contribution in [0.2, 0.25) is 0 Å². The Morgan fingerprint density at radius 3 is 2.47 bits per heavy atom. The van der Waals surface area contributed by atoms with E-state index >= 15 is 0 Å². The molecule has 0 aromatic heterocycles. The normalized spacial score (nSPS) is 24.7. The summed E-state index contributed by atoms with van der Waals surface area (Å²) in [5.74, 6) is 2.28. The lowest BCUT2D eigenvalue weighted by Gasteiger charge is -2.35. The summed E-state index contributed by atoms with van der Waals surface area (Å²) >= 11 is 0. The van der Waals surface area contributed by atoms with Crippen molar-refractivity contribution in [3.05, 3.63) is 0 Å². The lowest BCUT2D eigenvalue weighted by molar-refractivity contribution is -0.126. The second kappa shape index (κ2) is 8.04. The van der Waals surface area contributed by atoms with Crippen molar-refractivity contribution in [3.63, 3.8) is 0 Å². The van der Waals surface area contributed by atoms with Gasteiger partial charge in [0, 0.05) is 31.5 Å². The van der Waals surface area contributed by atoms with Crippen LogP contribution in [0.5, 0.6) is 0 Å². The maximum Gasteiger partial charge on any atom is 0.137 e. The van der Waals surface area contributed by atoms with Gasteiger partial charge < -0.3 is 0 Å². The molecule has 19 heavy (non-hydrogen) atoms. The highest BCUT2D eigenvalue weighted by Gasteiger charge is 2.30. The van der Waals surface area contributed by atoms with Crippen molar-refractivity contribution in [2.45, 2.75) is 72.8 Å². The van der Waals surface area contributed by atoms with Crippen LogP contribution in [0.4, 0.5) is 0 Å². The van der Waals surface area contributed by atoms with Crippen molar-refractivity contribution >= 4 is 5.78 Å². The van der Waals surface area contributed by atoms with Gasteiger partial charge in [-0.15, -0.1) is 0 Å². The highest BCUT2D eigenvalue weighted by molar-refractivity contribution is 5.81. The zero-order chi connectivity index (χ0) is 14.4. The van der Waals surface area contributed by atoms with Crippen molar-refractivity contribution in [2.24, 2.45) is 17.8 Å². The zero-order valence-corrected chi connectivity index (χ0v) is 13.6. The van der Waals surface area contributed by atoms with Crippen LogP contribution in [-0.2, 0) is 4.79 Å². The lowest BCUT2D eigenvalue weighted by atomic mass is 9.78. The molecule has 0 heterocycles. The minimum absolute atomic E-state index is 0.298. The van der Waals surface area contributed by atoms with Gasteiger partial charge in [0.05, 0.1) is 0 Å². The third kappa shape index (κ3) is 5.64. The molecular weight excluding hydrogens is 234 g/mol. The molecule has 2 nitrogen and oxygen atoms in total. The third-order valence-electron chi connectivity index (χ3n) is 4.35. The maximum atomic E-state index is 12.2. The van der Waals surface area contributed by atoms with E-state index in [1.165, 1.54) is 12.8 Å². The van der Waals surface area contributed by atoms with Gasteiger partial charge in [0.2, 0.25) is 0 Å². The minimum atomic E-state index is 0.298. The summed E-state index contributed by atoms with van der Waals surface area (Å²) in [5, 5.41) is 0. The summed E-state index contributed by atoms with van der Waals surface area (Å²) in [5.41, 5.74) is 0. The van der Waals surface area contributed by atoms with Crippen LogP contribution in [0.3, 0.4) is 0 Å². The first kappa shape index (κ1) is 16.7. The van der Waals surface area contributed by atoms with Gasteiger partial charge >= 0.3 is 0 Å². The van der Waals surface area contributed by atoms with Crippen molar-refractivity contribution < 1.29 is 4.79 Å². The van der Waals surface area contributed by atoms with Gasteiger partial charge in [-0.2, -0.15) is 0 Å². The van der Waals surface area contributed by atoms with E-state index in [4.69, 9.17) is 0 Å². The van der Waals surface area contributed by atoms with Crippen molar-refractivity contribution in [3.8, 4) is 0 Å². The number of hydrogen-bond acceptors (Lipinski definition) is 2. The highest BCUT2D eigenvalue weighted by Crippen LogP contribution is 2.30. The third-order valence-corrected chi connectivity index (χ3v) is 4.35. The van der Waals surface area contributed by atoms with Gasteiger partial charge in [0.1, 0.15) is 5.78 Å². The monoisotopic (exact) mass is 267 g/mol. The Hall–Kier alpha value is -0.370. The average Bonchev–Trinajstić information content (AvgIpc) is 2.32. The smallest absolute Gasteiger partial charge is 0.137 e. The molecule has 0 aromatic carbocycles. The standard InChI is InChI=1S/C17H33NO/c1-6-7-15-8-9-17(19)16(10-15)12-18(14(4)5)11-13(2)3/h13-16H,6-12H2,1-5H3. The maximum absolute atomic E-state index is 12.2. The topological polar surface area (TPSA) is 20.3 Å². The van der Waals surface area contributed by atoms with Crippen LogP contribution in [0.15, 0.2) is 0 Å². The van der Waals surface area contributed by atoms with Gasteiger partial charge in [-0.05, 0) is 38.5 Å². The number of nitrogens with zero attached hydrogens (tertiary/aromatic N) is 1. The molecule has 0 aliphatic heterocycles. The predicted molar refractivity (Wildman–Crippen MR) is 82.3 cm³/mol. The molecule has 1 fully saturated rings. The fraction of sp³-hybridized carbons (Fsp3) is 0.941. The average molecular weight is 267 g/mol. The number of rotatable bonds is 7. The molecule has 0 amide bonds. The summed E-state index contributed by atoms with van der Waals surface area (Å²) in [7, 11) is 0. The Kier molecular flexibility index (Phi) is 7.06. The lowest BCUT2D eigenvalue weighted by Crippen LogP contribution is -2.41. The van der Waals surface area contributed by atoms with Crippen molar-refractivity contribution in [1.82, 2.24) is 4.90 Å². The van der Waals surface area contributed by atoms with Crippen molar-refractivity contribution in [2.75, 3.05) is 13.1 Å². The fourth-order valence-corrected chi connectivity index (χ4v) is 3.30. The van der Waals surface area contributed by atoms with E-state index in [1.807, 2.05) is 0 Å². The molecular formula is C17H33NO. The molecule has 2 heteroatoms. The van der Waals surface area contributed by atoms with Gasteiger partial charge in [-0.1, -0.05) is 33.6 Å². The Bertz CT molecular complexity index is 272. The predicted octanol–water partition coefficient (Wildman–Crippen LogP) is 4.14. The molecule has 0 spiro atoms. The van der Waals surface area contributed by atoms with Crippen molar-refractivity contribution in [1.29, 1.82) is 0 Å². The van der Waals surface area contributed by atoms with Gasteiger partial charge in [0.25, 0.3) is 0 Å². The highest BCUT2D eigenvalue weighted by atomic mass is 16.1. The molecule has 0 aromatic rings. The largest absolute Gasteiger partial charge is 0.300 e. The first-order chi connectivity index (χ1) is 8.93. The number of Topliss-reactive ketones (excluding diaryl/α,β-unsaturated/α-hetero) is 1. The number of carbonyl (C=O) groups excluding carboxylic acids is 1. The molecule has 2 atom stereocenters. The van der Waals surface area contributed by atoms with Crippen LogP contribution >= 0.6 is 0 Å². The van der Waals surface area contributed by atoms with E-state index in [9.17, 15) is 4.79 Å². The molecule has 112 valence electrons. The van der Waals surface area contributed by atoms with E-state index in [0.29, 0.717) is 23.7 Å². The molecule has 1 rings (SSSR count). The summed E-state index contributed by atoms with van der Waals surface area (Å²) in [6, 6.07) is 0.543. The van der Waals surface area contributed by atoms with Crippen LogP contribution in [0, 0.1) is 17.8 Å². The molecule has 2 unspecified atom stereocenters. The molecule has 1 aliphatic rings. The quantitative estimate of drug-likeness (QED) is 0.691. The van der Waals surface area contributed by atoms with E-state index in [1.54, 1.807) is 0 Å². The summed E-state index contributed by atoms with van der Waals surface area (Å²) in [6.45, 7) is 13.4. The summed E-state index contributed by atoms with van der Waals surface area (Å²) in [6.07, 6.45) is 5.65. The van der Waals surface area contributed by atoms with E-state index in [-0.39, 0.29) is 0 Å². The Labute approximate surface area is 119 Å². The Morgan fingerprint density at radius 1 is 1.26 bits per heavy atom. The number of carbonyl (C=O) groups is 1. The SMILES string of the molecule is CCCC1CCC(=O)C(CN(CC(C)C)C(C)C)C1. The van der Waals surface area contributed by atoms with E-state index < -0.39 is 0 Å². The van der Waals surface area contributed by atoms with Gasteiger partial charge in [-0.25, -0.2) is 0 Å². The Morgan fingerprint density at radius 2 is 1.95 bits per heavy atom. The van der Waals surface area contributed by atoms with Gasteiger partial charge in [0.15, 0.2) is 0 Å². The first-order valence-corrected chi connectivity index (χ1v) is 8.20. The second-order valence-electron chi connectivity index (χ2n) is 7.03. The van der Waals surface area contributed by atoms with Crippen LogP contribution in [-0.4, -0.2) is 29.8 Å². The fourth-order valence-electron chi connectivity index (χ4n) is 3.30. The molecule has 1 saturated carbocycles. The zero-order valence-electron chi connectivity index (χ0n) is 13.6. The number of hydrogen-bond donors (Lipinski definition) is 0. The molecule has 1 aliphatic carbocycles. The summed E-state index contributed by atoms with van der Waals surface area (Å²) in [4.78, 5) is 14.7. The minimum Gasteiger partial charge on any atom is -0.300 e. The van der Waals surface area contributed by atoms with E-state index in [0.717, 1.165) is 38.3 Å². The Balaban J connectivity index is 2.57. The molecule has 0 saturated heterocycles. The number of ketones is 1. The second-order valence-corrected chi connectivity index (χ2v) is 7.03. The first-order valence-electron chi connectivity index (χ1n) is 8.20. The molecule has 0 N–H and O–H groups in total. The van der Waals surface area contributed by atoms with Crippen LogP contribution in [0.25, 0.3) is 0 Å². The van der Waals surface area contributed by atoms with Crippen LogP contribution in [0.1, 0.15) is 66.7 Å².